The van der Waals surface area contributed by atoms with Crippen molar-refractivity contribution < 1.29 is 60.3 Å². The van der Waals surface area contributed by atoms with Crippen molar-refractivity contribution in [1.82, 2.24) is 0 Å². The highest BCUT2D eigenvalue weighted by atomic mass is 32.2. The average Bonchev–Trinajstić information content (AvgIpc) is 3.87. The zero-order chi connectivity index (χ0) is 54.1. The minimum absolute atomic E-state index is 0.0627. The number of aliphatic hydroxyl groups excluding tert-OH is 3. The van der Waals surface area contributed by atoms with E-state index in [0.717, 1.165) is 82.5 Å². The number of aliphatic hydroxyl groups is 5. The van der Waals surface area contributed by atoms with Crippen molar-refractivity contribution in [2.75, 3.05) is 7.11 Å². The molecule has 0 bridgehead atoms. The van der Waals surface area contributed by atoms with E-state index in [1.807, 2.05) is 13.0 Å². The number of rotatable bonds is 10. The van der Waals surface area contributed by atoms with Gasteiger partial charge in [0.15, 0.2) is 21.0 Å². The molecule has 7 nitrogen and oxygen atoms in total. The molecule has 1 unspecified atom stereocenters. The molecule has 9 rings (SSSR count). The summed E-state index contributed by atoms with van der Waals surface area (Å²) < 4.78 is 109. The van der Waals surface area contributed by atoms with Gasteiger partial charge in [-0.1, -0.05) is 83.0 Å². The average molecular weight is 1060 g/mol. The number of fused-ring (bicyclic) bond motifs is 10. The first kappa shape index (κ1) is 58.7. The SMILES string of the molecule is CO.C[C@H](C(C[C@@H](C)O)S(=O)(=O)c1ccccc1)[C@H]1CC[C@H]2[C@@H]3CC=C4C[C@](O)(C(F)(F)F)CC[C@]4(C)[C@H]3CC[C@]12C.C[C@H](CC[C@@H](C)O)[C@H]1CC[C@H]2[C@@H]3CC=C4C[C@](O)(C(F)(F)F)CC[C@]4(C)[C@H]3CC[C@]12C. The largest absolute Gasteiger partial charge is 0.417 e. The minimum atomic E-state index is -4.63. The predicted molar refractivity (Wildman–Crippen MR) is 273 cm³/mol. The van der Waals surface area contributed by atoms with Gasteiger partial charge in [-0.2, -0.15) is 26.3 Å². The second-order valence-electron chi connectivity index (χ2n) is 26.1. The van der Waals surface area contributed by atoms with E-state index in [2.05, 4.69) is 47.6 Å². The van der Waals surface area contributed by atoms with E-state index in [-0.39, 0.29) is 72.2 Å². The lowest BCUT2D eigenvalue weighted by Gasteiger charge is -2.59. The number of hydrogen-bond acceptors (Lipinski definition) is 7. The summed E-state index contributed by atoms with van der Waals surface area (Å²) in [5, 5.41) is 47.2. The molecule has 14 heteroatoms. The fourth-order valence-electron chi connectivity index (χ4n) is 18.4. The van der Waals surface area contributed by atoms with Gasteiger partial charge in [0, 0.05) is 20.0 Å². The van der Waals surface area contributed by atoms with Crippen LogP contribution in [0, 0.1) is 80.8 Å². The van der Waals surface area contributed by atoms with Gasteiger partial charge in [-0.15, -0.1) is 0 Å². The summed E-state index contributed by atoms with van der Waals surface area (Å²) in [5.41, 5.74) is -3.83. The lowest BCUT2D eigenvalue weighted by atomic mass is 9.46. The molecule has 6 saturated carbocycles. The molecule has 0 aromatic heterocycles. The highest BCUT2D eigenvalue weighted by Crippen LogP contribution is 2.70. The number of alkyl halides is 6. The van der Waals surface area contributed by atoms with E-state index in [4.69, 9.17) is 5.11 Å². The molecule has 0 heterocycles. The van der Waals surface area contributed by atoms with Crippen molar-refractivity contribution in [2.24, 2.45) is 80.8 Å². The van der Waals surface area contributed by atoms with Gasteiger partial charge in [-0.05, 0) is 216 Å². The Morgan fingerprint density at radius 1 is 0.589 bits per heavy atom. The Morgan fingerprint density at radius 2 is 1.03 bits per heavy atom. The lowest BCUT2D eigenvalue weighted by Crippen LogP contribution is -2.56. The van der Waals surface area contributed by atoms with Crippen LogP contribution in [-0.4, -0.2) is 82.1 Å². The molecule has 0 spiro atoms. The van der Waals surface area contributed by atoms with E-state index in [1.54, 1.807) is 37.3 Å². The number of benzene rings is 1. The molecule has 0 saturated heterocycles. The third kappa shape index (κ3) is 10.3. The molecule has 0 radical (unpaired) electrons. The molecule has 19 atom stereocenters. The molecule has 1 aromatic carbocycles. The lowest BCUT2D eigenvalue weighted by molar-refractivity contribution is -0.271. The quantitative estimate of drug-likeness (QED) is 0.116. The molecule has 0 amide bonds. The summed E-state index contributed by atoms with van der Waals surface area (Å²) >= 11 is 0. The molecule has 1 aromatic rings. The van der Waals surface area contributed by atoms with Crippen molar-refractivity contribution in [1.29, 1.82) is 0 Å². The van der Waals surface area contributed by atoms with Crippen LogP contribution in [0.3, 0.4) is 0 Å². The first-order chi connectivity index (χ1) is 33.9. The summed E-state index contributed by atoms with van der Waals surface area (Å²) in [5.74, 6) is 3.95. The highest BCUT2D eigenvalue weighted by Gasteiger charge is 2.66. The van der Waals surface area contributed by atoms with Crippen LogP contribution in [0.4, 0.5) is 26.3 Å². The van der Waals surface area contributed by atoms with Gasteiger partial charge in [-0.3, -0.25) is 0 Å². The second kappa shape index (κ2) is 21.0. The van der Waals surface area contributed by atoms with E-state index in [1.165, 1.54) is 12.8 Å². The fraction of sp³-hybridized carbons (Fsp3) is 0.831. The van der Waals surface area contributed by atoms with Crippen LogP contribution >= 0.6 is 0 Å². The Balaban J connectivity index is 0.000000213. The topological polar surface area (TPSA) is 135 Å². The highest BCUT2D eigenvalue weighted by molar-refractivity contribution is 7.92. The van der Waals surface area contributed by atoms with Crippen molar-refractivity contribution in [2.45, 2.75) is 223 Å². The maximum absolute atomic E-state index is 13.9. The van der Waals surface area contributed by atoms with Crippen molar-refractivity contribution in [3.63, 3.8) is 0 Å². The van der Waals surface area contributed by atoms with Crippen molar-refractivity contribution >= 4 is 9.84 Å². The normalized spacial score (nSPS) is 42.1. The summed E-state index contributed by atoms with van der Waals surface area (Å²) in [4.78, 5) is 0.296. The summed E-state index contributed by atoms with van der Waals surface area (Å²) in [7, 11) is -2.65. The molecule has 416 valence electrons. The Bertz CT molecular complexity index is 2250. The van der Waals surface area contributed by atoms with Crippen LogP contribution in [0.15, 0.2) is 58.5 Å². The second-order valence-corrected chi connectivity index (χ2v) is 28.3. The molecule has 0 aliphatic heterocycles. The van der Waals surface area contributed by atoms with Crippen LogP contribution in [-0.2, 0) is 9.84 Å². The minimum Gasteiger partial charge on any atom is -0.400 e. The smallest absolute Gasteiger partial charge is 0.400 e. The van der Waals surface area contributed by atoms with Gasteiger partial charge in [0.25, 0.3) is 0 Å². The monoisotopic (exact) mass is 1060 g/mol. The van der Waals surface area contributed by atoms with Crippen LogP contribution in [0.5, 0.6) is 0 Å². The molecular formula is C59H90F6O7S. The Labute approximate surface area is 433 Å². The van der Waals surface area contributed by atoms with Crippen molar-refractivity contribution in [3.05, 3.63) is 53.6 Å². The third-order valence-corrected chi connectivity index (χ3v) is 24.9. The predicted octanol–water partition coefficient (Wildman–Crippen LogP) is 13.4. The third-order valence-electron chi connectivity index (χ3n) is 22.5. The molecule has 8 aliphatic rings. The van der Waals surface area contributed by atoms with E-state index >= 15 is 0 Å². The summed E-state index contributed by atoms with van der Waals surface area (Å²) in [6, 6.07) is 8.54. The number of allylic oxidation sites excluding steroid dienone is 2. The standard InChI is InChI=1S/C32H45F3O4S.C26H41F3O2.CH4O/c1-20(36)18-28(40(38,39)23-8-6-5-7-9-23)21(2)25-12-13-26-24-11-10-22-19-31(37,32(33,34)35)17-16-29(22,3)27(24)14-15-30(25,26)4;1-16(5-6-17(2)30)20-9-10-21-19-8-7-18-15-25(31,26(27,28)29)14-13-23(18,3)22(19)11-12-24(20,21)4;1-2/h5-10,20-21,24-28,36-37H,11-19H2,1-4H3;7,16-17,19-22,30-31H,5-6,8-15H2,1-4H3;2H,1H3/t20-,21+,24+,25-,26+,27+,28?,29+,30-,31+;16-,17-,19+,20-,21+,22+,23+,24-,25+;/m11./s1. The zero-order valence-corrected chi connectivity index (χ0v) is 46.0. The Hall–Kier alpha value is -1.97. The molecular weight excluding hydrogens is 967 g/mol. The maximum atomic E-state index is 13.9. The van der Waals surface area contributed by atoms with E-state index in [9.17, 15) is 55.2 Å². The van der Waals surface area contributed by atoms with Gasteiger partial charge >= 0.3 is 12.4 Å². The fourth-order valence-corrected chi connectivity index (χ4v) is 20.5. The number of halogens is 6. The van der Waals surface area contributed by atoms with Crippen LogP contribution in [0.25, 0.3) is 0 Å². The maximum Gasteiger partial charge on any atom is 0.417 e. The van der Waals surface area contributed by atoms with Crippen molar-refractivity contribution in [3.8, 4) is 0 Å². The van der Waals surface area contributed by atoms with E-state index < -0.39 is 44.7 Å². The van der Waals surface area contributed by atoms with Gasteiger partial charge in [-0.25, -0.2) is 8.42 Å². The molecule has 5 N–H and O–H groups in total. The first-order valence-electron chi connectivity index (χ1n) is 27.9. The zero-order valence-electron chi connectivity index (χ0n) is 45.2. The van der Waals surface area contributed by atoms with Crippen LogP contribution in [0.1, 0.15) is 177 Å². The summed E-state index contributed by atoms with van der Waals surface area (Å²) in [6.07, 6.45) is 5.90. The molecule has 6 fully saturated rings. The molecule has 8 aliphatic carbocycles. The van der Waals surface area contributed by atoms with Crippen LogP contribution in [0.2, 0.25) is 0 Å². The summed E-state index contributed by atoms with van der Waals surface area (Å²) in [6.45, 7) is 17.0. The first-order valence-corrected chi connectivity index (χ1v) is 29.5. The van der Waals surface area contributed by atoms with Gasteiger partial charge < -0.3 is 25.5 Å². The Morgan fingerprint density at radius 3 is 1.45 bits per heavy atom. The molecule has 73 heavy (non-hydrogen) atoms. The van der Waals surface area contributed by atoms with Gasteiger partial charge in [0.1, 0.15) is 0 Å². The van der Waals surface area contributed by atoms with Crippen LogP contribution < -0.4 is 0 Å². The van der Waals surface area contributed by atoms with Gasteiger partial charge in [0.05, 0.1) is 22.4 Å². The van der Waals surface area contributed by atoms with Gasteiger partial charge in [0.2, 0.25) is 0 Å². The number of hydrogen-bond donors (Lipinski definition) is 5. The van der Waals surface area contributed by atoms with E-state index in [0.29, 0.717) is 64.6 Å². The Kier molecular flexibility index (Phi) is 16.9. The number of sulfone groups is 1.